The maximum atomic E-state index is 12.8. The van der Waals surface area contributed by atoms with Crippen molar-refractivity contribution in [1.82, 2.24) is 5.32 Å². The summed E-state index contributed by atoms with van der Waals surface area (Å²) >= 11 is 0. The second kappa shape index (κ2) is 6.50. The van der Waals surface area contributed by atoms with Crippen LogP contribution in [0.5, 0.6) is 0 Å². The molecule has 0 unspecified atom stereocenters. The quantitative estimate of drug-likeness (QED) is 0.598. The third kappa shape index (κ3) is 3.83. The fourth-order valence-corrected chi connectivity index (χ4v) is 1.28. The first kappa shape index (κ1) is 13.0. The Morgan fingerprint density at radius 2 is 1.75 bits per heavy atom. The zero-order chi connectivity index (χ0) is 12.0. The highest BCUT2D eigenvalue weighted by atomic mass is 19.2. The lowest BCUT2D eigenvalue weighted by Gasteiger charge is -2.05. The minimum atomic E-state index is -1.42. The minimum absolute atomic E-state index is 0.432. The van der Waals surface area contributed by atoms with Crippen molar-refractivity contribution in [3.05, 3.63) is 35.1 Å². The largest absolute Gasteiger partial charge is 0.383 e. The molecule has 0 atom stereocenters. The average Bonchev–Trinajstić information content (AvgIpc) is 2.25. The fourth-order valence-electron chi connectivity index (χ4n) is 1.28. The molecule has 0 saturated carbocycles. The van der Waals surface area contributed by atoms with E-state index in [1.165, 1.54) is 0 Å². The molecule has 0 amide bonds. The molecule has 0 bridgehead atoms. The Morgan fingerprint density at radius 3 is 2.31 bits per heavy atom. The summed E-state index contributed by atoms with van der Waals surface area (Å²) in [7, 11) is 1.59. The summed E-state index contributed by atoms with van der Waals surface area (Å²) in [5, 5.41) is 3.02. The summed E-state index contributed by atoms with van der Waals surface area (Å²) in [5.41, 5.74) is 0.432. The van der Waals surface area contributed by atoms with Gasteiger partial charge < -0.3 is 10.1 Å². The highest BCUT2D eigenvalue weighted by Crippen LogP contribution is 2.13. The van der Waals surface area contributed by atoms with Gasteiger partial charge in [0.1, 0.15) is 0 Å². The van der Waals surface area contributed by atoms with Crippen LogP contribution in [0.15, 0.2) is 12.1 Å². The minimum Gasteiger partial charge on any atom is -0.383 e. The van der Waals surface area contributed by atoms with Gasteiger partial charge in [-0.3, -0.25) is 0 Å². The molecule has 5 heteroatoms. The lowest BCUT2D eigenvalue weighted by Crippen LogP contribution is -2.21. The lowest BCUT2D eigenvalue weighted by atomic mass is 10.1. The first-order valence-electron chi connectivity index (χ1n) is 4.98. The molecule has 0 aliphatic carbocycles. The molecular formula is C11H14F3NO. The number of halogens is 3. The summed E-state index contributed by atoms with van der Waals surface area (Å²) in [6, 6.07) is 2.02. The van der Waals surface area contributed by atoms with Gasteiger partial charge in [-0.1, -0.05) is 0 Å². The van der Waals surface area contributed by atoms with E-state index in [-0.39, 0.29) is 0 Å². The SMILES string of the molecule is COCCNCCc1cc(F)c(F)c(F)c1. The van der Waals surface area contributed by atoms with Crippen LogP contribution in [0.1, 0.15) is 5.56 Å². The van der Waals surface area contributed by atoms with E-state index in [1.807, 2.05) is 0 Å². The molecule has 0 saturated heterocycles. The summed E-state index contributed by atoms with van der Waals surface area (Å²) in [6.07, 6.45) is 0.442. The van der Waals surface area contributed by atoms with Gasteiger partial charge in [-0.15, -0.1) is 0 Å². The molecule has 2 nitrogen and oxygen atoms in total. The molecule has 0 aliphatic rings. The first-order valence-corrected chi connectivity index (χ1v) is 4.98. The van der Waals surface area contributed by atoms with Gasteiger partial charge in [0.2, 0.25) is 0 Å². The van der Waals surface area contributed by atoms with Crippen LogP contribution in [0.2, 0.25) is 0 Å². The molecule has 16 heavy (non-hydrogen) atoms. The normalized spacial score (nSPS) is 10.8. The van der Waals surface area contributed by atoms with Crippen molar-refractivity contribution in [2.24, 2.45) is 0 Å². The van der Waals surface area contributed by atoms with E-state index >= 15 is 0 Å². The van der Waals surface area contributed by atoms with Crippen molar-refractivity contribution in [3.8, 4) is 0 Å². The standard InChI is InChI=1S/C11H14F3NO/c1-16-5-4-15-3-2-8-6-9(12)11(14)10(13)7-8/h6-7,15H,2-5H2,1H3. The molecule has 1 N–H and O–H groups in total. The van der Waals surface area contributed by atoms with Crippen molar-refractivity contribution < 1.29 is 17.9 Å². The molecule has 0 heterocycles. The number of rotatable bonds is 6. The maximum absolute atomic E-state index is 12.8. The maximum Gasteiger partial charge on any atom is 0.194 e. The van der Waals surface area contributed by atoms with Crippen molar-refractivity contribution in [1.29, 1.82) is 0 Å². The molecule has 1 aromatic rings. The van der Waals surface area contributed by atoms with E-state index in [1.54, 1.807) is 7.11 Å². The summed E-state index contributed by atoms with van der Waals surface area (Å²) in [6.45, 7) is 1.81. The third-order valence-corrected chi connectivity index (χ3v) is 2.12. The predicted octanol–water partition coefficient (Wildman–Crippen LogP) is 1.88. The van der Waals surface area contributed by atoms with Gasteiger partial charge >= 0.3 is 0 Å². The second-order valence-electron chi connectivity index (χ2n) is 3.37. The molecule has 0 aromatic heterocycles. The highest BCUT2D eigenvalue weighted by molar-refractivity contribution is 5.19. The van der Waals surface area contributed by atoms with Gasteiger partial charge in [0.05, 0.1) is 6.61 Å². The zero-order valence-electron chi connectivity index (χ0n) is 9.03. The lowest BCUT2D eigenvalue weighted by molar-refractivity contribution is 0.199. The number of hydrogen-bond donors (Lipinski definition) is 1. The topological polar surface area (TPSA) is 21.3 Å². The fraction of sp³-hybridized carbons (Fsp3) is 0.455. The van der Waals surface area contributed by atoms with E-state index in [0.29, 0.717) is 31.7 Å². The Kier molecular flexibility index (Phi) is 5.28. The van der Waals surface area contributed by atoms with Gasteiger partial charge in [-0.2, -0.15) is 0 Å². The van der Waals surface area contributed by atoms with E-state index < -0.39 is 17.5 Å². The third-order valence-electron chi connectivity index (χ3n) is 2.12. The molecule has 0 spiro atoms. The molecule has 0 radical (unpaired) electrons. The predicted molar refractivity (Wildman–Crippen MR) is 54.8 cm³/mol. The Balaban J connectivity index is 2.43. The van der Waals surface area contributed by atoms with Crippen LogP contribution in [-0.4, -0.2) is 26.8 Å². The van der Waals surface area contributed by atoms with Gasteiger partial charge in [0, 0.05) is 13.7 Å². The van der Waals surface area contributed by atoms with Crippen LogP contribution < -0.4 is 5.32 Å². The van der Waals surface area contributed by atoms with E-state index in [0.717, 1.165) is 12.1 Å². The Hall–Kier alpha value is -1.07. The van der Waals surface area contributed by atoms with Crippen molar-refractivity contribution in [2.75, 3.05) is 26.8 Å². The number of ether oxygens (including phenoxy) is 1. The van der Waals surface area contributed by atoms with Crippen LogP contribution in [0.4, 0.5) is 13.2 Å². The van der Waals surface area contributed by atoms with Gasteiger partial charge in [0.25, 0.3) is 0 Å². The second-order valence-corrected chi connectivity index (χ2v) is 3.37. The molecule has 1 rings (SSSR count). The van der Waals surface area contributed by atoms with Crippen molar-refractivity contribution in [3.63, 3.8) is 0 Å². The van der Waals surface area contributed by atoms with Crippen LogP contribution >= 0.6 is 0 Å². The molecule has 1 aromatic carbocycles. The van der Waals surface area contributed by atoms with Crippen LogP contribution in [0, 0.1) is 17.5 Å². The van der Waals surface area contributed by atoms with Crippen molar-refractivity contribution >= 4 is 0 Å². The van der Waals surface area contributed by atoms with Crippen LogP contribution in [0.3, 0.4) is 0 Å². The first-order chi connectivity index (χ1) is 7.65. The zero-order valence-corrected chi connectivity index (χ0v) is 9.03. The van der Waals surface area contributed by atoms with Crippen LogP contribution in [-0.2, 0) is 11.2 Å². The monoisotopic (exact) mass is 233 g/mol. The number of hydrogen-bond acceptors (Lipinski definition) is 2. The molecular weight excluding hydrogens is 219 g/mol. The Bertz CT molecular complexity index is 321. The van der Waals surface area contributed by atoms with E-state index in [4.69, 9.17) is 4.74 Å². The molecule has 0 aliphatic heterocycles. The van der Waals surface area contributed by atoms with Gasteiger partial charge in [-0.05, 0) is 30.7 Å². The van der Waals surface area contributed by atoms with E-state index in [9.17, 15) is 13.2 Å². The van der Waals surface area contributed by atoms with Crippen molar-refractivity contribution in [2.45, 2.75) is 6.42 Å². The van der Waals surface area contributed by atoms with Gasteiger partial charge in [-0.25, -0.2) is 13.2 Å². The summed E-state index contributed by atoms with van der Waals surface area (Å²) in [4.78, 5) is 0. The number of methoxy groups -OCH3 is 1. The van der Waals surface area contributed by atoms with Crippen LogP contribution in [0.25, 0.3) is 0 Å². The summed E-state index contributed by atoms with van der Waals surface area (Å²) in [5.74, 6) is -3.71. The molecule has 90 valence electrons. The highest BCUT2D eigenvalue weighted by Gasteiger charge is 2.09. The average molecular weight is 233 g/mol. The smallest absolute Gasteiger partial charge is 0.194 e. The number of nitrogens with one attached hydrogen (secondary N) is 1. The Morgan fingerprint density at radius 1 is 1.12 bits per heavy atom. The number of benzene rings is 1. The molecule has 0 fully saturated rings. The van der Waals surface area contributed by atoms with E-state index in [2.05, 4.69) is 5.32 Å². The Labute approximate surface area is 92.4 Å². The van der Waals surface area contributed by atoms with Gasteiger partial charge in [0.15, 0.2) is 17.5 Å². The summed E-state index contributed by atoms with van der Waals surface area (Å²) < 4.78 is 43.1.